The van der Waals surface area contributed by atoms with E-state index in [4.69, 9.17) is 4.98 Å². The Kier molecular flexibility index (Phi) is 5.77. The summed E-state index contributed by atoms with van der Waals surface area (Å²) < 4.78 is 1.64. The minimum Gasteiger partial charge on any atom is -0.311 e. The van der Waals surface area contributed by atoms with Gasteiger partial charge in [0.05, 0.1) is 22.3 Å². The minimum atomic E-state index is -0.123. The number of anilines is 1. The van der Waals surface area contributed by atoms with Crippen molar-refractivity contribution in [3.63, 3.8) is 0 Å². The molecule has 4 aromatic rings. The van der Waals surface area contributed by atoms with Crippen LogP contribution in [0, 0.1) is 13.8 Å². The maximum Gasteiger partial charge on any atom is 0.266 e. The van der Waals surface area contributed by atoms with Crippen LogP contribution in [0.5, 0.6) is 0 Å². The maximum atomic E-state index is 13.5. The Labute approximate surface area is 197 Å². The Bertz CT molecular complexity index is 1430. The molecule has 0 spiro atoms. The van der Waals surface area contributed by atoms with Gasteiger partial charge in [-0.05, 0) is 73.7 Å². The average molecular weight is 456 g/mol. The SMILES string of the molecule is Cc1ccc(-n2c(SCC(=O)N3CCCc4ccccc43)nc3ccccc3c2=O)cc1C. The van der Waals surface area contributed by atoms with Gasteiger partial charge in [-0.1, -0.05) is 48.2 Å². The molecule has 1 aliphatic rings. The highest BCUT2D eigenvalue weighted by Gasteiger charge is 2.23. The van der Waals surface area contributed by atoms with Gasteiger partial charge in [0.15, 0.2) is 5.16 Å². The van der Waals surface area contributed by atoms with E-state index in [1.807, 2.05) is 73.3 Å². The highest BCUT2D eigenvalue weighted by molar-refractivity contribution is 7.99. The van der Waals surface area contributed by atoms with E-state index < -0.39 is 0 Å². The maximum absolute atomic E-state index is 13.5. The molecule has 0 aliphatic carbocycles. The van der Waals surface area contributed by atoms with E-state index in [9.17, 15) is 9.59 Å². The normalized spacial score (nSPS) is 13.2. The summed E-state index contributed by atoms with van der Waals surface area (Å²) in [6, 6.07) is 21.4. The molecule has 2 heterocycles. The van der Waals surface area contributed by atoms with Gasteiger partial charge < -0.3 is 4.90 Å². The van der Waals surface area contributed by atoms with Crippen LogP contribution in [0.2, 0.25) is 0 Å². The summed E-state index contributed by atoms with van der Waals surface area (Å²) in [4.78, 5) is 33.3. The molecular formula is C27H25N3O2S. The molecule has 0 atom stereocenters. The van der Waals surface area contributed by atoms with Gasteiger partial charge in [-0.2, -0.15) is 0 Å². The summed E-state index contributed by atoms with van der Waals surface area (Å²) in [5, 5.41) is 1.09. The molecule has 6 heteroatoms. The third-order valence-corrected chi connectivity index (χ3v) is 7.15. The molecule has 33 heavy (non-hydrogen) atoms. The van der Waals surface area contributed by atoms with Gasteiger partial charge in [-0.15, -0.1) is 0 Å². The number of thioether (sulfide) groups is 1. The lowest BCUT2D eigenvalue weighted by molar-refractivity contribution is -0.116. The molecule has 0 saturated heterocycles. The fourth-order valence-corrected chi connectivity index (χ4v) is 5.19. The zero-order valence-electron chi connectivity index (χ0n) is 18.7. The van der Waals surface area contributed by atoms with Crippen molar-refractivity contribution in [3.05, 3.63) is 93.8 Å². The number of carbonyl (C=O) groups is 1. The van der Waals surface area contributed by atoms with Gasteiger partial charge in [-0.3, -0.25) is 14.2 Å². The summed E-state index contributed by atoms with van der Waals surface area (Å²) in [5.41, 5.74) is 5.74. The first-order valence-corrected chi connectivity index (χ1v) is 12.1. The second-order valence-electron chi connectivity index (χ2n) is 8.39. The van der Waals surface area contributed by atoms with Crippen molar-refractivity contribution in [1.82, 2.24) is 9.55 Å². The van der Waals surface area contributed by atoms with Crippen LogP contribution < -0.4 is 10.5 Å². The number of hydrogen-bond donors (Lipinski definition) is 0. The average Bonchev–Trinajstić information content (AvgIpc) is 2.84. The first-order valence-electron chi connectivity index (χ1n) is 11.1. The molecule has 5 nitrogen and oxygen atoms in total. The van der Waals surface area contributed by atoms with E-state index in [0.29, 0.717) is 22.6 Å². The number of amides is 1. The summed E-state index contributed by atoms with van der Waals surface area (Å²) >= 11 is 1.32. The second-order valence-corrected chi connectivity index (χ2v) is 9.33. The number of aryl methyl sites for hydroxylation is 3. The highest BCUT2D eigenvalue weighted by atomic mass is 32.2. The monoisotopic (exact) mass is 455 g/mol. The molecule has 0 saturated carbocycles. The quantitative estimate of drug-likeness (QED) is 0.318. The van der Waals surface area contributed by atoms with Crippen LogP contribution in [-0.2, 0) is 11.2 Å². The van der Waals surface area contributed by atoms with Crippen LogP contribution in [0.25, 0.3) is 16.6 Å². The molecule has 0 radical (unpaired) electrons. The molecule has 0 unspecified atom stereocenters. The molecule has 1 amide bonds. The topological polar surface area (TPSA) is 55.2 Å². The summed E-state index contributed by atoms with van der Waals surface area (Å²) in [7, 11) is 0. The van der Waals surface area contributed by atoms with Crippen molar-refractivity contribution in [3.8, 4) is 5.69 Å². The van der Waals surface area contributed by atoms with Crippen LogP contribution in [0.1, 0.15) is 23.1 Å². The lowest BCUT2D eigenvalue weighted by atomic mass is 10.0. The van der Waals surface area contributed by atoms with Gasteiger partial charge in [0.25, 0.3) is 5.56 Å². The summed E-state index contributed by atoms with van der Waals surface area (Å²) in [6.07, 6.45) is 1.95. The van der Waals surface area contributed by atoms with Gasteiger partial charge in [-0.25, -0.2) is 4.98 Å². The number of aromatic nitrogens is 2. The Morgan fingerprint density at radius 2 is 1.79 bits per heavy atom. The summed E-state index contributed by atoms with van der Waals surface area (Å²) in [5.74, 6) is 0.241. The van der Waals surface area contributed by atoms with Crippen molar-refractivity contribution < 1.29 is 4.79 Å². The largest absolute Gasteiger partial charge is 0.311 e. The number of hydrogen-bond acceptors (Lipinski definition) is 4. The van der Waals surface area contributed by atoms with Crippen LogP contribution in [-0.4, -0.2) is 27.8 Å². The van der Waals surface area contributed by atoms with Crippen LogP contribution in [0.15, 0.2) is 76.7 Å². The van der Waals surface area contributed by atoms with Crippen molar-refractivity contribution in [2.24, 2.45) is 0 Å². The van der Waals surface area contributed by atoms with E-state index in [2.05, 4.69) is 6.07 Å². The number of nitrogens with zero attached hydrogens (tertiary/aromatic N) is 3. The number of fused-ring (bicyclic) bond motifs is 2. The molecule has 3 aromatic carbocycles. The standard InChI is InChI=1S/C27H25N3O2S/c1-18-13-14-21(16-19(18)2)30-26(32)22-10-4-5-11-23(22)28-27(30)33-17-25(31)29-15-7-9-20-8-3-6-12-24(20)29/h3-6,8,10-14,16H,7,9,15,17H2,1-2H3. The highest BCUT2D eigenvalue weighted by Crippen LogP contribution is 2.29. The molecule has 0 N–H and O–H groups in total. The zero-order valence-corrected chi connectivity index (χ0v) is 19.6. The lowest BCUT2D eigenvalue weighted by Gasteiger charge is -2.29. The zero-order chi connectivity index (χ0) is 22.9. The van der Waals surface area contributed by atoms with Crippen molar-refractivity contribution >= 4 is 34.3 Å². The molecule has 0 bridgehead atoms. The van der Waals surface area contributed by atoms with E-state index in [1.54, 1.807) is 10.6 Å². The molecule has 1 aromatic heterocycles. The van der Waals surface area contributed by atoms with Crippen molar-refractivity contribution in [2.45, 2.75) is 31.8 Å². The predicted octanol–water partition coefficient (Wildman–Crippen LogP) is 5.07. The second kappa shape index (κ2) is 8.87. The lowest BCUT2D eigenvalue weighted by Crippen LogP contribution is -2.36. The Hall–Kier alpha value is -3.38. The van der Waals surface area contributed by atoms with Crippen LogP contribution >= 0.6 is 11.8 Å². The van der Waals surface area contributed by atoms with Crippen molar-refractivity contribution in [1.29, 1.82) is 0 Å². The number of rotatable bonds is 4. The van der Waals surface area contributed by atoms with E-state index in [-0.39, 0.29) is 17.2 Å². The Morgan fingerprint density at radius 3 is 2.64 bits per heavy atom. The first-order chi connectivity index (χ1) is 16.0. The minimum absolute atomic E-state index is 0.0289. The third kappa shape index (κ3) is 4.07. The van der Waals surface area contributed by atoms with E-state index in [1.165, 1.54) is 17.3 Å². The fourth-order valence-electron chi connectivity index (χ4n) is 4.30. The molecule has 0 fully saturated rings. The molecule has 166 valence electrons. The number of benzene rings is 3. The summed E-state index contributed by atoms with van der Waals surface area (Å²) in [6.45, 7) is 4.79. The molecule has 5 rings (SSSR count). The van der Waals surface area contributed by atoms with Gasteiger partial charge in [0.1, 0.15) is 0 Å². The van der Waals surface area contributed by atoms with Crippen LogP contribution in [0.3, 0.4) is 0 Å². The van der Waals surface area contributed by atoms with E-state index in [0.717, 1.165) is 35.3 Å². The number of carbonyl (C=O) groups excluding carboxylic acids is 1. The van der Waals surface area contributed by atoms with Gasteiger partial charge >= 0.3 is 0 Å². The first kappa shape index (κ1) is 21.5. The Balaban J connectivity index is 1.52. The van der Waals surface area contributed by atoms with Crippen LogP contribution in [0.4, 0.5) is 5.69 Å². The molecular weight excluding hydrogens is 430 g/mol. The number of para-hydroxylation sites is 2. The third-order valence-electron chi connectivity index (χ3n) is 6.23. The Morgan fingerprint density at radius 1 is 1.00 bits per heavy atom. The van der Waals surface area contributed by atoms with Gasteiger partial charge in [0, 0.05) is 12.2 Å². The van der Waals surface area contributed by atoms with Crippen molar-refractivity contribution in [2.75, 3.05) is 17.2 Å². The smallest absolute Gasteiger partial charge is 0.266 e. The van der Waals surface area contributed by atoms with E-state index >= 15 is 0 Å². The predicted molar refractivity (Wildman–Crippen MR) is 135 cm³/mol. The van der Waals surface area contributed by atoms with Gasteiger partial charge in [0.2, 0.25) is 5.91 Å². The fraction of sp³-hybridized carbons (Fsp3) is 0.222. The molecule has 1 aliphatic heterocycles.